The number of aromatic nitrogens is 2. The van der Waals surface area contributed by atoms with Gasteiger partial charge in [0.1, 0.15) is 11.6 Å². The highest BCUT2D eigenvalue weighted by molar-refractivity contribution is 7.77. The Morgan fingerprint density at radius 1 is 1.28 bits per heavy atom. The fraction of sp³-hybridized carbons (Fsp3) is 0.321. The Labute approximate surface area is 259 Å². The maximum Gasteiger partial charge on any atom is 0.290 e. The number of carbonyl (C=O) groups excluding carboxylic acids is 1. The van der Waals surface area contributed by atoms with E-state index < -0.39 is 29.0 Å². The fourth-order valence-electron chi connectivity index (χ4n) is 4.83. The van der Waals surface area contributed by atoms with Crippen molar-refractivity contribution < 1.29 is 32.6 Å². The van der Waals surface area contributed by atoms with Crippen LogP contribution >= 0.6 is 22.9 Å². The van der Waals surface area contributed by atoms with Crippen LogP contribution in [-0.4, -0.2) is 79.6 Å². The molecule has 0 aliphatic carbocycles. The lowest BCUT2D eigenvalue weighted by Crippen LogP contribution is -2.51. The number of likely N-dealkylation sites (tertiary alicyclic amines) is 1. The number of nitrogens with zero attached hydrogens (tertiary/aromatic N) is 4. The van der Waals surface area contributed by atoms with Crippen LogP contribution in [0.1, 0.15) is 17.1 Å². The first kappa shape index (κ1) is 32.7. The number of benzene rings is 2. The third-order valence-electron chi connectivity index (χ3n) is 6.89. The van der Waals surface area contributed by atoms with Crippen molar-refractivity contribution in [2.24, 2.45) is 0 Å². The van der Waals surface area contributed by atoms with Gasteiger partial charge in [-0.05, 0) is 49.1 Å². The largest absolute Gasteiger partial charge is 0.760 e. The number of thiophene rings is 1. The minimum Gasteiger partial charge on any atom is -0.760 e. The number of halogens is 2. The number of hydrogen-bond acceptors (Lipinski definition) is 8. The molecule has 4 heterocycles. The monoisotopic (exact) mass is 650 g/mol. The van der Waals surface area contributed by atoms with Gasteiger partial charge in [0.25, 0.3) is 6.47 Å². The van der Waals surface area contributed by atoms with Gasteiger partial charge in [0.15, 0.2) is 0 Å². The molecule has 2 N–H and O–H groups in total. The highest BCUT2D eigenvalue weighted by Gasteiger charge is 2.34. The molecule has 1 amide bonds. The van der Waals surface area contributed by atoms with Gasteiger partial charge in [-0.1, -0.05) is 17.7 Å². The minimum absolute atomic E-state index is 0.132. The summed E-state index contributed by atoms with van der Waals surface area (Å²) in [6, 6.07) is 11.9. The van der Waals surface area contributed by atoms with E-state index in [1.165, 1.54) is 32.0 Å². The van der Waals surface area contributed by atoms with Gasteiger partial charge in [0.2, 0.25) is 5.91 Å². The SMILES string of the molecule is COC1CN(Cc2nccn2-c2ccc(N3CCC(NS(=O)[O-])C3=O)c(F)c2)C1.Cc1cc2ccc(Cl)cc2s1.O=CO. The first-order chi connectivity index (χ1) is 20.6. The van der Waals surface area contributed by atoms with Crippen molar-refractivity contribution in [3.63, 3.8) is 0 Å². The maximum absolute atomic E-state index is 14.8. The van der Waals surface area contributed by atoms with Gasteiger partial charge in [-0.25, -0.2) is 14.1 Å². The van der Waals surface area contributed by atoms with Gasteiger partial charge < -0.3 is 23.9 Å². The van der Waals surface area contributed by atoms with Crippen LogP contribution in [0.4, 0.5) is 10.1 Å². The number of imidazole rings is 1. The van der Waals surface area contributed by atoms with Gasteiger partial charge in [-0.15, -0.1) is 11.3 Å². The quantitative estimate of drug-likeness (QED) is 0.227. The summed E-state index contributed by atoms with van der Waals surface area (Å²) < 4.78 is 46.9. The average Bonchev–Trinajstić information content (AvgIpc) is 3.65. The molecular formula is C28H30ClFN5O6S2-. The molecule has 2 saturated heterocycles. The van der Waals surface area contributed by atoms with Crippen molar-refractivity contribution >= 4 is 62.4 Å². The molecule has 15 heteroatoms. The molecule has 230 valence electrons. The number of fused-ring (bicyclic) bond motifs is 1. The zero-order valence-corrected chi connectivity index (χ0v) is 25.7. The highest BCUT2D eigenvalue weighted by Crippen LogP contribution is 2.28. The Morgan fingerprint density at radius 2 is 2.02 bits per heavy atom. The van der Waals surface area contributed by atoms with Crippen molar-refractivity contribution in [3.05, 3.63) is 76.4 Å². The van der Waals surface area contributed by atoms with Crippen molar-refractivity contribution in [2.75, 3.05) is 31.6 Å². The van der Waals surface area contributed by atoms with E-state index in [0.29, 0.717) is 12.2 Å². The number of amides is 1. The number of carboxylic acid groups (broad SMARTS) is 1. The standard InChI is InChI=1S/C18H22FN5O4S.C9H7ClS.CH2O2/c1-28-13-9-22(10-13)11-17-20-5-7-23(17)12-2-3-16(14(19)8-12)24-6-4-15(18(24)25)21-29(26)27;1-6-4-7-2-3-8(10)5-9(7)11-6;2-1-3/h2-3,5,7-8,13,15,21H,4,6,9-11H2,1H3,(H,26,27);2-5H,1H3;1H,(H,2,3)/p-1. The first-order valence-electron chi connectivity index (χ1n) is 13.1. The Kier molecular flexibility index (Phi) is 11.4. The highest BCUT2D eigenvalue weighted by atomic mass is 35.5. The van der Waals surface area contributed by atoms with E-state index >= 15 is 0 Å². The zero-order valence-electron chi connectivity index (χ0n) is 23.3. The second-order valence-electron chi connectivity index (χ2n) is 9.73. The number of rotatable bonds is 7. The van der Waals surface area contributed by atoms with Crippen LogP contribution in [0, 0.1) is 12.7 Å². The van der Waals surface area contributed by atoms with Crippen LogP contribution in [0.15, 0.2) is 54.9 Å². The number of methoxy groups -OCH3 is 1. The van der Waals surface area contributed by atoms with E-state index in [4.69, 9.17) is 26.2 Å². The number of nitrogens with one attached hydrogen (secondary N) is 1. The molecular weight excluding hydrogens is 621 g/mol. The van der Waals surface area contributed by atoms with E-state index in [0.717, 1.165) is 23.9 Å². The van der Waals surface area contributed by atoms with Crippen molar-refractivity contribution in [1.29, 1.82) is 0 Å². The lowest BCUT2D eigenvalue weighted by Gasteiger charge is -2.37. The van der Waals surface area contributed by atoms with Crippen LogP contribution < -0.4 is 9.62 Å². The van der Waals surface area contributed by atoms with Crippen LogP contribution in [0.25, 0.3) is 15.8 Å². The third-order valence-corrected chi connectivity index (χ3v) is 8.61. The number of aryl methyl sites for hydroxylation is 1. The van der Waals surface area contributed by atoms with E-state index in [9.17, 15) is 17.9 Å². The molecule has 2 fully saturated rings. The van der Waals surface area contributed by atoms with Crippen LogP contribution in [0.3, 0.4) is 0 Å². The lowest BCUT2D eigenvalue weighted by atomic mass is 10.1. The van der Waals surface area contributed by atoms with Crippen molar-refractivity contribution in [3.8, 4) is 5.69 Å². The molecule has 2 aromatic heterocycles. The molecule has 4 aromatic rings. The van der Waals surface area contributed by atoms with Gasteiger partial charge in [-0.3, -0.25) is 18.7 Å². The average molecular weight is 651 g/mol. The minimum atomic E-state index is -2.55. The second-order valence-corrected chi connectivity index (χ2v) is 12.2. The molecule has 2 aliphatic rings. The first-order valence-corrected chi connectivity index (χ1v) is 15.4. The predicted octanol–water partition coefficient (Wildman–Crippen LogP) is 3.89. The third kappa shape index (κ3) is 8.23. The Morgan fingerprint density at radius 3 is 2.70 bits per heavy atom. The summed E-state index contributed by atoms with van der Waals surface area (Å²) in [5, 5.41) is 9.00. The molecule has 2 aromatic carbocycles. The fourth-order valence-corrected chi connectivity index (χ4v) is 6.49. The van der Waals surface area contributed by atoms with Gasteiger partial charge in [-0.2, -0.15) is 0 Å². The van der Waals surface area contributed by atoms with E-state index in [-0.39, 0.29) is 31.2 Å². The summed E-state index contributed by atoms with van der Waals surface area (Å²) in [6.45, 7) is 4.39. The van der Waals surface area contributed by atoms with Crippen molar-refractivity contribution in [1.82, 2.24) is 19.2 Å². The number of hydrogen-bond donors (Lipinski definition) is 2. The summed E-state index contributed by atoms with van der Waals surface area (Å²) in [4.78, 5) is 29.9. The molecule has 2 unspecified atom stereocenters. The van der Waals surface area contributed by atoms with E-state index in [2.05, 4.69) is 33.7 Å². The molecule has 2 atom stereocenters. The van der Waals surface area contributed by atoms with Gasteiger partial charge in [0, 0.05) is 76.8 Å². The molecule has 43 heavy (non-hydrogen) atoms. The number of ether oxygens (including phenoxy) is 1. The molecule has 11 nitrogen and oxygen atoms in total. The maximum atomic E-state index is 14.8. The normalized spacial score (nSPS) is 17.6. The molecule has 0 saturated carbocycles. The predicted molar refractivity (Wildman–Crippen MR) is 163 cm³/mol. The summed E-state index contributed by atoms with van der Waals surface area (Å²) >= 11 is 5.07. The second kappa shape index (κ2) is 15.0. The summed E-state index contributed by atoms with van der Waals surface area (Å²) in [6.07, 6.45) is 3.96. The molecule has 0 spiro atoms. The number of anilines is 1. The Bertz CT molecular complexity index is 1590. The molecule has 2 aliphatic heterocycles. The van der Waals surface area contributed by atoms with Crippen LogP contribution in [0.2, 0.25) is 5.02 Å². The van der Waals surface area contributed by atoms with Crippen molar-refractivity contribution in [2.45, 2.75) is 32.0 Å². The Hall–Kier alpha value is -3.24. The van der Waals surface area contributed by atoms with E-state index in [1.807, 2.05) is 16.7 Å². The molecule has 0 radical (unpaired) electrons. The zero-order chi connectivity index (χ0) is 31.1. The van der Waals surface area contributed by atoms with Gasteiger partial charge in [0.05, 0.1) is 24.4 Å². The molecule has 6 rings (SSSR count). The lowest BCUT2D eigenvalue weighted by molar-refractivity contribution is -0.123. The smallest absolute Gasteiger partial charge is 0.290 e. The summed E-state index contributed by atoms with van der Waals surface area (Å²) in [5.74, 6) is -0.233. The van der Waals surface area contributed by atoms with E-state index in [1.54, 1.807) is 36.9 Å². The van der Waals surface area contributed by atoms with Crippen LogP contribution in [-0.2, 0) is 32.1 Å². The topological polar surface area (TPSA) is 140 Å². The summed E-state index contributed by atoms with van der Waals surface area (Å²) in [7, 11) is 1.69. The van der Waals surface area contributed by atoms with Gasteiger partial charge >= 0.3 is 0 Å². The number of carbonyl (C=O) groups is 2. The Balaban J connectivity index is 0.000000249. The van der Waals surface area contributed by atoms with Crippen LogP contribution in [0.5, 0.6) is 0 Å². The summed E-state index contributed by atoms with van der Waals surface area (Å²) in [5.41, 5.74) is 0.733. The molecule has 0 bridgehead atoms.